The third kappa shape index (κ3) is 6.70. The van der Waals surface area contributed by atoms with Crippen molar-refractivity contribution in [2.24, 2.45) is 5.92 Å². The van der Waals surface area contributed by atoms with Crippen LogP contribution in [-0.2, 0) is 25.5 Å². The van der Waals surface area contributed by atoms with Gasteiger partial charge in [0, 0.05) is 6.42 Å². The zero-order chi connectivity index (χ0) is 19.6. The molecule has 27 heavy (non-hydrogen) atoms. The molecule has 0 saturated carbocycles. The number of benzene rings is 1. The topological polar surface area (TPSA) is 84.5 Å². The summed E-state index contributed by atoms with van der Waals surface area (Å²) in [5, 5.41) is 5.37. The minimum atomic E-state index is -0.868. The van der Waals surface area contributed by atoms with Crippen LogP contribution in [0.25, 0.3) is 0 Å². The second kappa shape index (κ2) is 10.7. The fourth-order valence-corrected chi connectivity index (χ4v) is 3.15. The number of hydrogen-bond acceptors (Lipinski definition) is 4. The number of carbonyl (C=O) groups excluding carboxylic acids is 3. The summed E-state index contributed by atoms with van der Waals surface area (Å²) in [6.07, 6.45) is 4.49. The third-order valence-corrected chi connectivity index (χ3v) is 4.94. The SMILES string of the molecule is CCCCC(CC)COC(=O)CC1NC(=O)C(Cc2ccccc2)NC1=O. The maximum atomic E-state index is 12.3. The van der Waals surface area contributed by atoms with Crippen molar-refractivity contribution in [3.8, 4) is 0 Å². The Balaban J connectivity index is 1.80. The Kier molecular flexibility index (Phi) is 8.30. The fourth-order valence-electron chi connectivity index (χ4n) is 3.15. The maximum absolute atomic E-state index is 12.3. The lowest BCUT2D eigenvalue weighted by atomic mass is 10.0. The molecule has 1 saturated heterocycles. The number of hydrogen-bond donors (Lipinski definition) is 2. The van der Waals surface area contributed by atoms with Gasteiger partial charge >= 0.3 is 5.97 Å². The molecule has 0 radical (unpaired) electrons. The van der Waals surface area contributed by atoms with E-state index in [1.54, 1.807) is 0 Å². The number of rotatable bonds is 10. The molecule has 1 aromatic rings. The van der Waals surface area contributed by atoms with Crippen LogP contribution in [0.1, 0.15) is 51.5 Å². The molecule has 3 unspecified atom stereocenters. The molecule has 2 amide bonds. The van der Waals surface area contributed by atoms with Gasteiger partial charge in [-0.1, -0.05) is 63.4 Å². The van der Waals surface area contributed by atoms with Crippen molar-refractivity contribution in [1.82, 2.24) is 10.6 Å². The lowest BCUT2D eigenvalue weighted by Gasteiger charge is -2.29. The Morgan fingerprint density at radius 3 is 2.41 bits per heavy atom. The lowest BCUT2D eigenvalue weighted by Crippen LogP contribution is -2.62. The number of piperazine rings is 1. The van der Waals surface area contributed by atoms with Gasteiger partial charge in [-0.25, -0.2) is 0 Å². The summed E-state index contributed by atoms with van der Waals surface area (Å²) in [4.78, 5) is 36.6. The molecule has 1 aromatic carbocycles. The van der Waals surface area contributed by atoms with E-state index in [1.165, 1.54) is 0 Å². The summed E-state index contributed by atoms with van der Waals surface area (Å²) in [5.74, 6) is -0.720. The Morgan fingerprint density at radius 2 is 1.74 bits per heavy atom. The van der Waals surface area contributed by atoms with E-state index in [2.05, 4.69) is 24.5 Å². The number of amides is 2. The Morgan fingerprint density at radius 1 is 1.07 bits per heavy atom. The smallest absolute Gasteiger partial charge is 0.308 e. The first-order chi connectivity index (χ1) is 13.0. The van der Waals surface area contributed by atoms with Gasteiger partial charge < -0.3 is 15.4 Å². The molecular formula is C21H30N2O4. The number of ether oxygens (including phenoxy) is 1. The maximum Gasteiger partial charge on any atom is 0.308 e. The van der Waals surface area contributed by atoms with Gasteiger partial charge in [-0.2, -0.15) is 0 Å². The highest BCUT2D eigenvalue weighted by atomic mass is 16.5. The van der Waals surface area contributed by atoms with Crippen molar-refractivity contribution in [2.75, 3.05) is 6.61 Å². The molecule has 1 aliphatic heterocycles. The number of nitrogens with one attached hydrogen (secondary N) is 2. The first-order valence-corrected chi connectivity index (χ1v) is 9.83. The van der Waals surface area contributed by atoms with Crippen molar-refractivity contribution in [1.29, 1.82) is 0 Å². The zero-order valence-corrected chi connectivity index (χ0v) is 16.2. The molecule has 0 bridgehead atoms. The van der Waals surface area contributed by atoms with Crippen LogP contribution >= 0.6 is 0 Å². The predicted molar refractivity (Wildman–Crippen MR) is 103 cm³/mol. The Hall–Kier alpha value is -2.37. The van der Waals surface area contributed by atoms with Crippen molar-refractivity contribution in [3.63, 3.8) is 0 Å². The van der Waals surface area contributed by atoms with E-state index in [4.69, 9.17) is 4.74 Å². The van der Waals surface area contributed by atoms with Crippen LogP contribution in [0.4, 0.5) is 0 Å². The Bertz CT molecular complexity index is 632. The fraction of sp³-hybridized carbons (Fsp3) is 0.571. The van der Waals surface area contributed by atoms with E-state index in [-0.39, 0.29) is 18.2 Å². The van der Waals surface area contributed by atoms with Gasteiger partial charge in [0.2, 0.25) is 11.8 Å². The molecule has 1 fully saturated rings. The third-order valence-electron chi connectivity index (χ3n) is 4.94. The van der Waals surface area contributed by atoms with Crippen molar-refractivity contribution >= 4 is 17.8 Å². The minimum Gasteiger partial charge on any atom is -0.465 e. The van der Waals surface area contributed by atoms with Crippen LogP contribution in [0.3, 0.4) is 0 Å². The molecule has 2 N–H and O–H groups in total. The summed E-state index contributed by atoms with van der Waals surface area (Å²) >= 11 is 0. The van der Waals surface area contributed by atoms with E-state index in [0.717, 1.165) is 31.2 Å². The molecule has 1 heterocycles. The van der Waals surface area contributed by atoms with E-state index < -0.39 is 18.1 Å². The van der Waals surface area contributed by atoms with E-state index >= 15 is 0 Å². The highest BCUT2D eigenvalue weighted by Gasteiger charge is 2.35. The number of esters is 1. The molecule has 148 valence electrons. The lowest BCUT2D eigenvalue weighted by molar-refractivity contribution is -0.148. The monoisotopic (exact) mass is 374 g/mol. The van der Waals surface area contributed by atoms with Gasteiger partial charge in [0.05, 0.1) is 13.0 Å². The van der Waals surface area contributed by atoms with E-state index in [0.29, 0.717) is 18.9 Å². The van der Waals surface area contributed by atoms with Gasteiger partial charge in [-0.3, -0.25) is 14.4 Å². The van der Waals surface area contributed by atoms with Gasteiger partial charge in [0.15, 0.2) is 0 Å². The van der Waals surface area contributed by atoms with Crippen LogP contribution in [0.5, 0.6) is 0 Å². The summed E-state index contributed by atoms with van der Waals surface area (Å²) in [6.45, 7) is 4.58. The highest BCUT2D eigenvalue weighted by Crippen LogP contribution is 2.14. The van der Waals surface area contributed by atoms with Gasteiger partial charge in [0.1, 0.15) is 12.1 Å². The molecular weight excluding hydrogens is 344 g/mol. The highest BCUT2D eigenvalue weighted by molar-refractivity contribution is 5.98. The normalized spacial score (nSPS) is 20.5. The van der Waals surface area contributed by atoms with E-state index in [9.17, 15) is 14.4 Å². The molecule has 3 atom stereocenters. The van der Waals surface area contributed by atoms with Gasteiger partial charge in [-0.05, 0) is 17.9 Å². The minimum absolute atomic E-state index is 0.139. The Labute approximate surface area is 161 Å². The molecule has 0 aliphatic carbocycles. The quantitative estimate of drug-likeness (QED) is 0.616. The standard InChI is InChI=1S/C21H30N2O4/c1-3-5-9-15(4-2)14-27-19(24)13-18-21(26)22-17(20(25)23-18)12-16-10-7-6-8-11-16/h6-8,10-11,15,17-18H,3-5,9,12-14H2,1-2H3,(H,22,26)(H,23,25). The van der Waals surface area contributed by atoms with Gasteiger partial charge in [-0.15, -0.1) is 0 Å². The number of unbranched alkanes of at least 4 members (excludes halogenated alkanes) is 1. The largest absolute Gasteiger partial charge is 0.465 e. The first kappa shape index (κ1) is 20.9. The van der Waals surface area contributed by atoms with Crippen molar-refractivity contribution in [2.45, 2.75) is 64.5 Å². The van der Waals surface area contributed by atoms with Crippen molar-refractivity contribution < 1.29 is 19.1 Å². The average molecular weight is 374 g/mol. The summed E-state index contributed by atoms with van der Waals surface area (Å²) in [6, 6.07) is 8.01. The summed E-state index contributed by atoms with van der Waals surface area (Å²) in [5.41, 5.74) is 0.966. The summed E-state index contributed by atoms with van der Waals surface area (Å²) < 4.78 is 5.33. The molecule has 0 spiro atoms. The summed E-state index contributed by atoms with van der Waals surface area (Å²) in [7, 11) is 0. The van der Waals surface area contributed by atoms with E-state index in [1.807, 2.05) is 30.3 Å². The predicted octanol–water partition coefficient (Wildman–Crippen LogP) is 2.36. The molecule has 0 aromatic heterocycles. The zero-order valence-electron chi connectivity index (χ0n) is 16.2. The van der Waals surface area contributed by atoms with Gasteiger partial charge in [0.25, 0.3) is 0 Å². The number of carbonyl (C=O) groups is 3. The van der Waals surface area contributed by atoms with Crippen LogP contribution in [0.15, 0.2) is 30.3 Å². The van der Waals surface area contributed by atoms with Crippen LogP contribution in [0.2, 0.25) is 0 Å². The van der Waals surface area contributed by atoms with Crippen LogP contribution < -0.4 is 10.6 Å². The molecule has 6 heteroatoms. The average Bonchev–Trinajstić information content (AvgIpc) is 2.66. The second-order valence-electron chi connectivity index (χ2n) is 7.12. The molecule has 1 aliphatic rings. The van der Waals surface area contributed by atoms with Crippen LogP contribution in [-0.4, -0.2) is 36.5 Å². The first-order valence-electron chi connectivity index (χ1n) is 9.83. The second-order valence-corrected chi connectivity index (χ2v) is 7.12. The molecule has 2 rings (SSSR count). The van der Waals surface area contributed by atoms with Crippen molar-refractivity contribution in [3.05, 3.63) is 35.9 Å². The molecule has 6 nitrogen and oxygen atoms in total. The van der Waals surface area contributed by atoms with Crippen LogP contribution in [0, 0.1) is 5.92 Å².